The van der Waals surface area contributed by atoms with Crippen molar-refractivity contribution in [1.82, 2.24) is 19.4 Å². The average Bonchev–Trinajstić information content (AvgIpc) is 3.10. The highest BCUT2D eigenvalue weighted by atomic mass is 35.5. The Labute approximate surface area is 152 Å². The van der Waals surface area contributed by atoms with E-state index < -0.39 is 11.5 Å². The summed E-state index contributed by atoms with van der Waals surface area (Å²) in [6.07, 6.45) is 2.70. The minimum absolute atomic E-state index is 0.299. The molecule has 0 aliphatic rings. The maximum absolute atomic E-state index is 12.6. The number of halogens is 1. The molecule has 2 aromatic heterocycles. The second kappa shape index (κ2) is 6.45. The number of fused-ring (bicyclic) bond motifs is 1. The fraction of sp³-hybridized carbons (Fsp3) is 0. The van der Waals surface area contributed by atoms with Crippen molar-refractivity contribution in [1.29, 1.82) is 0 Å². The lowest BCUT2D eigenvalue weighted by Crippen LogP contribution is -2.33. The zero-order valence-corrected chi connectivity index (χ0v) is 14.1. The van der Waals surface area contributed by atoms with E-state index in [1.165, 1.54) is 12.5 Å². The minimum Gasteiger partial charge on any atom is -0.267 e. The van der Waals surface area contributed by atoms with Gasteiger partial charge in [-0.1, -0.05) is 29.8 Å². The number of amides is 1. The summed E-state index contributed by atoms with van der Waals surface area (Å²) in [5, 5.41) is 5.05. The SMILES string of the molecule is O=C(Nn1cnc2c(cnn2-c2ccccc2)c1=O)c1ccc(Cl)cc1. The Bertz CT molecular complexity index is 1150. The Balaban J connectivity index is 1.70. The Morgan fingerprint density at radius 2 is 1.77 bits per heavy atom. The molecule has 0 saturated heterocycles. The lowest BCUT2D eigenvalue weighted by molar-refractivity contribution is 0.101. The number of hydrogen-bond donors (Lipinski definition) is 1. The van der Waals surface area contributed by atoms with Gasteiger partial charge in [0.15, 0.2) is 5.65 Å². The van der Waals surface area contributed by atoms with Crippen molar-refractivity contribution >= 4 is 28.5 Å². The predicted octanol–water partition coefficient (Wildman–Crippen LogP) is 2.62. The summed E-state index contributed by atoms with van der Waals surface area (Å²) in [5.74, 6) is -0.444. The average molecular weight is 366 g/mol. The number of benzene rings is 2. The number of nitrogens with one attached hydrogen (secondary N) is 1. The second-order valence-electron chi connectivity index (χ2n) is 5.50. The van der Waals surface area contributed by atoms with Gasteiger partial charge in [0, 0.05) is 10.6 Å². The summed E-state index contributed by atoms with van der Waals surface area (Å²) in [6.45, 7) is 0. The smallest absolute Gasteiger partial charge is 0.267 e. The highest BCUT2D eigenvalue weighted by molar-refractivity contribution is 6.30. The summed E-state index contributed by atoms with van der Waals surface area (Å²) < 4.78 is 2.61. The van der Waals surface area contributed by atoms with Crippen LogP contribution in [0.1, 0.15) is 10.4 Å². The molecule has 0 unspecified atom stereocenters. The van der Waals surface area contributed by atoms with Gasteiger partial charge in [0.05, 0.1) is 11.9 Å². The molecule has 7 nitrogen and oxygen atoms in total. The number of carbonyl (C=O) groups excluding carboxylic acids is 1. The van der Waals surface area contributed by atoms with E-state index in [1.807, 2.05) is 30.3 Å². The van der Waals surface area contributed by atoms with Crippen LogP contribution in [0.15, 0.2) is 71.9 Å². The molecule has 0 saturated carbocycles. The monoisotopic (exact) mass is 365 g/mol. The van der Waals surface area contributed by atoms with Gasteiger partial charge < -0.3 is 0 Å². The second-order valence-corrected chi connectivity index (χ2v) is 5.93. The van der Waals surface area contributed by atoms with Crippen molar-refractivity contribution in [3.8, 4) is 5.69 Å². The molecule has 2 heterocycles. The molecule has 1 amide bonds. The number of carbonyl (C=O) groups is 1. The summed E-state index contributed by atoms with van der Waals surface area (Å²) in [6, 6.07) is 15.7. The minimum atomic E-state index is -0.444. The summed E-state index contributed by atoms with van der Waals surface area (Å²) >= 11 is 5.81. The van der Waals surface area contributed by atoms with Crippen molar-refractivity contribution in [2.75, 3.05) is 5.43 Å². The van der Waals surface area contributed by atoms with Crippen LogP contribution in [0, 0.1) is 0 Å². The largest absolute Gasteiger partial charge is 0.283 e. The van der Waals surface area contributed by atoms with E-state index in [4.69, 9.17) is 11.6 Å². The van der Waals surface area contributed by atoms with Crippen molar-refractivity contribution in [2.45, 2.75) is 0 Å². The highest BCUT2D eigenvalue weighted by Crippen LogP contribution is 2.13. The Morgan fingerprint density at radius 1 is 1.04 bits per heavy atom. The normalized spacial score (nSPS) is 10.8. The number of nitrogens with zero attached hydrogens (tertiary/aromatic N) is 4. The molecular weight excluding hydrogens is 354 g/mol. The molecule has 4 rings (SSSR count). The van der Waals surface area contributed by atoms with Gasteiger partial charge in [-0.15, -0.1) is 0 Å². The first kappa shape index (κ1) is 16.0. The van der Waals surface area contributed by atoms with Gasteiger partial charge in [-0.3, -0.25) is 15.0 Å². The number of rotatable bonds is 3. The van der Waals surface area contributed by atoms with Crippen LogP contribution in [-0.4, -0.2) is 25.3 Å². The molecule has 0 bridgehead atoms. The van der Waals surface area contributed by atoms with E-state index in [0.717, 1.165) is 10.4 Å². The molecule has 2 aromatic carbocycles. The zero-order chi connectivity index (χ0) is 18.1. The van der Waals surface area contributed by atoms with Crippen LogP contribution in [-0.2, 0) is 0 Å². The van der Waals surface area contributed by atoms with E-state index in [9.17, 15) is 9.59 Å². The predicted molar refractivity (Wildman–Crippen MR) is 98.3 cm³/mol. The number of para-hydroxylation sites is 1. The molecule has 0 aliphatic carbocycles. The van der Waals surface area contributed by atoms with E-state index in [2.05, 4.69) is 15.5 Å². The van der Waals surface area contributed by atoms with E-state index >= 15 is 0 Å². The third-order valence-corrected chi connectivity index (χ3v) is 4.07. The molecule has 8 heteroatoms. The molecule has 0 radical (unpaired) electrons. The van der Waals surface area contributed by atoms with Gasteiger partial charge >= 0.3 is 0 Å². The van der Waals surface area contributed by atoms with Crippen LogP contribution in [0.3, 0.4) is 0 Å². The van der Waals surface area contributed by atoms with Crippen LogP contribution in [0.5, 0.6) is 0 Å². The van der Waals surface area contributed by atoms with E-state index in [1.54, 1.807) is 28.9 Å². The number of aromatic nitrogens is 4. The first-order valence-electron chi connectivity index (χ1n) is 7.71. The fourth-order valence-corrected chi connectivity index (χ4v) is 2.65. The molecule has 0 fully saturated rings. The van der Waals surface area contributed by atoms with Crippen LogP contribution < -0.4 is 11.0 Å². The first-order chi connectivity index (χ1) is 12.6. The van der Waals surface area contributed by atoms with Crippen LogP contribution in [0.4, 0.5) is 0 Å². The Morgan fingerprint density at radius 3 is 2.50 bits per heavy atom. The van der Waals surface area contributed by atoms with Crippen molar-refractivity contribution in [3.05, 3.63) is 88.1 Å². The molecule has 128 valence electrons. The number of hydrogen-bond acceptors (Lipinski definition) is 4. The standard InChI is InChI=1S/C18H12ClN5O2/c19-13-8-6-12(7-9-13)17(25)22-23-11-20-16-15(18(23)26)10-21-24(16)14-4-2-1-3-5-14/h1-11H,(H,22,25). The maximum Gasteiger partial charge on any atom is 0.283 e. The third-order valence-electron chi connectivity index (χ3n) is 3.82. The van der Waals surface area contributed by atoms with Crippen LogP contribution in [0.2, 0.25) is 5.02 Å². The highest BCUT2D eigenvalue weighted by Gasteiger charge is 2.13. The lowest BCUT2D eigenvalue weighted by atomic mass is 10.2. The van der Waals surface area contributed by atoms with E-state index in [-0.39, 0.29) is 0 Å². The fourth-order valence-electron chi connectivity index (χ4n) is 2.52. The maximum atomic E-state index is 12.6. The first-order valence-corrected chi connectivity index (χ1v) is 8.09. The van der Waals surface area contributed by atoms with Crippen LogP contribution in [0.25, 0.3) is 16.7 Å². The summed E-state index contributed by atoms with van der Waals surface area (Å²) in [5.41, 5.74) is 3.67. The third kappa shape index (κ3) is 2.84. The molecule has 1 N–H and O–H groups in total. The van der Waals surface area contributed by atoms with Gasteiger partial charge in [-0.05, 0) is 36.4 Å². The molecule has 0 atom stereocenters. The summed E-state index contributed by atoms with van der Waals surface area (Å²) in [7, 11) is 0. The summed E-state index contributed by atoms with van der Waals surface area (Å²) in [4.78, 5) is 29.2. The zero-order valence-electron chi connectivity index (χ0n) is 13.3. The topological polar surface area (TPSA) is 81.8 Å². The lowest BCUT2D eigenvalue weighted by Gasteiger charge is -2.08. The Kier molecular flexibility index (Phi) is 3.98. The van der Waals surface area contributed by atoms with E-state index in [0.29, 0.717) is 21.6 Å². The van der Waals surface area contributed by atoms with Crippen LogP contribution >= 0.6 is 11.6 Å². The molecule has 26 heavy (non-hydrogen) atoms. The van der Waals surface area contributed by atoms with Gasteiger partial charge in [0.25, 0.3) is 11.5 Å². The van der Waals surface area contributed by atoms with Crippen molar-refractivity contribution < 1.29 is 4.79 Å². The molecular formula is C18H12ClN5O2. The van der Waals surface area contributed by atoms with Crippen molar-refractivity contribution in [3.63, 3.8) is 0 Å². The molecule has 0 aliphatic heterocycles. The van der Waals surface area contributed by atoms with Crippen molar-refractivity contribution in [2.24, 2.45) is 0 Å². The van der Waals surface area contributed by atoms with Gasteiger partial charge in [-0.25, -0.2) is 14.3 Å². The van der Waals surface area contributed by atoms with Gasteiger partial charge in [-0.2, -0.15) is 5.10 Å². The quantitative estimate of drug-likeness (QED) is 0.605. The molecule has 4 aromatic rings. The van der Waals surface area contributed by atoms with Gasteiger partial charge in [0.1, 0.15) is 11.7 Å². The van der Waals surface area contributed by atoms with Gasteiger partial charge in [0.2, 0.25) is 0 Å². The molecule has 0 spiro atoms. The Hall–Kier alpha value is -3.45.